The van der Waals surface area contributed by atoms with Crippen LogP contribution in [-0.2, 0) is 21.2 Å². The Bertz CT molecular complexity index is 1010. The summed E-state index contributed by atoms with van der Waals surface area (Å²) < 4.78 is 66.9. The molecule has 0 amide bonds. The summed E-state index contributed by atoms with van der Waals surface area (Å²) in [6.45, 7) is 1.11. The molecule has 2 N–H and O–H groups in total. The third-order valence-electron chi connectivity index (χ3n) is 5.35. The number of alkyl halides is 3. The zero-order valence-corrected chi connectivity index (χ0v) is 19.7. The zero-order chi connectivity index (χ0) is 24.6. The maximum Gasteiger partial charge on any atom is 0.391 e. The van der Waals surface area contributed by atoms with Crippen molar-refractivity contribution in [3.63, 3.8) is 0 Å². The van der Waals surface area contributed by atoms with E-state index in [2.05, 4.69) is 4.72 Å². The van der Waals surface area contributed by atoms with Crippen LogP contribution in [0.5, 0.6) is 0 Å². The Morgan fingerprint density at radius 1 is 1.03 bits per heavy atom. The Morgan fingerprint density at radius 2 is 1.64 bits per heavy atom. The van der Waals surface area contributed by atoms with Crippen LogP contribution in [0.2, 0.25) is 5.02 Å². The Morgan fingerprint density at radius 3 is 2.18 bits per heavy atom. The van der Waals surface area contributed by atoms with Gasteiger partial charge in [-0.2, -0.15) is 13.2 Å². The Balaban J connectivity index is 2.17. The number of hydrogen-bond acceptors (Lipinski definition) is 3. The average molecular weight is 506 g/mol. The van der Waals surface area contributed by atoms with Gasteiger partial charge >= 0.3 is 12.1 Å². The summed E-state index contributed by atoms with van der Waals surface area (Å²) in [6.07, 6.45) is -2.98. The first-order valence-corrected chi connectivity index (χ1v) is 12.4. The highest BCUT2D eigenvalue weighted by Crippen LogP contribution is 2.31. The van der Waals surface area contributed by atoms with Gasteiger partial charge in [0.25, 0.3) is 0 Å². The molecule has 0 saturated heterocycles. The molecule has 2 aromatic rings. The van der Waals surface area contributed by atoms with E-state index in [9.17, 15) is 26.4 Å². The molecule has 0 fully saturated rings. The third-order valence-corrected chi connectivity index (χ3v) is 7.09. The number of carboxylic acids is 1. The molecule has 2 aromatic carbocycles. The van der Waals surface area contributed by atoms with Gasteiger partial charge in [-0.1, -0.05) is 49.2 Å². The molecule has 0 aromatic heterocycles. The number of aryl methyl sites for hydroxylation is 1. The molecular formula is C23H27ClF3NO4S. The number of sulfonamides is 1. The lowest BCUT2D eigenvalue weighted by Crippen LogP contribution is -2.29. The van der Waals surface area contributed by atoms with Crippen LogP contribution in [0.4, 0.5) is 13.2 Å². The minimum absolute atomic E-state index is 0.00542. The van der Waals surface area contributed by atoms with E-state index in [-0.39, 0.29) is 30.6 Å². The maximum absolute atomic E-state index is 12.9. The van der Waals surface area contributed by atoms with Crippen molar-refractivity contribution >= 4 is 27.6 Å². The lowest BCUT2D eigenvalue weighted by molar-refractivity contribution is -0.171. The quantitative estimate of drug-likeness (QED) is 0.363. The van der Waals surface area contributed by atoms with E-state index in [0.717, 1.165) is 12.5 Å². The summed E-state index contributed by atoms with van der Waals surface area (Å²) in [6, 6.07) is 11.9. The van der Waals surface area contributed by atoms with Gasteiger partial charge in [0, 0.05) is 17.5 Å². The summed E-state index contributed by atoms with van der Waals surface area (Å²) in [5, 5.41) is 9.13. The number of carbonyl (C=O) groups is 1. The highest BCUT2D eigenvalue weighted by atomic mass is 35.5. The van der Waals surface area contributed by atoms with Crippen LogP contribution in [0, 0.1) is 5.92 Å². The first kappa shape index (κ1) is 27.1. The van der Waals surface area contributed by atoms with E-state index in [1.807, 2.05) is 0 Å². The molecule has 33 heavy (non-hydrogen) atoms. The topological polar surface area (TPSA) is 83.5 Å². The van der Waals surface area contributed by atoms with Gasteiger partial charge in [-0.05, 0) is 61.1 Å². The zero-order valence-electron chi connectivity index (χ0n) is 18.1. The van der Waals surface area contributed by atoms with Gasteiger partial charge in [0.05, 0.1) is 10.8 Å². The lowest BCUT2D eigenvalue weighted by atomic mass is 9.96. The summed E-state index contributed by atoms with van der Waals surface area (Å²) >= 11 is 5.83. The Kier molecular flexibility index (Phi) is 9.75. The molecule has 2 atom stereocenters. The molecule has 182 valence electrons. The largest absolute Gasteiger partial charge is 0.481 e. The number of rotatable bonds is 12. The van der Waals surface area contributed by atoms with Crippen molar-refractivity contribution in [1.29, 1.82) is 0 Å². The highest BCUT2D eigenvalue weighted by molar-refractivity contribution is 7.89. The fourth-order valence-corrected chi connectivity index (χ4v) is 4.70. The average Bonchev–Trinajstić information content (AvgIpc) is 2.73. The van der Waals surface area contributed by atoms with Crippen LogP contribution >= 0.6 is 11.6 Å². The number of nitrogens with one attached hydrogen (secondary N) is 1. The van der Waals surface area contributed by atoms with Crippen molar-refractivity contribution < 1.29 is 31.5 Å². The molecule has 5 nitrogen and oxygen atoms in total. The van der Waals surface area contributed by atoms with Crippen LogP contribution in [0.3, 0.4) is 0 Å². The fraction of sp³-hybridized carbons (Fsp3) is 0.435. The summed E-state index contributed by atoms with van der Waals surface area (Å²) in [5.74, 6) is -2.36. The standard InChI is InChI=1S/C23H27ClF3NO4S/c1-16(23(25,26)27)4-2-6-21(28-33(31,32)20-14-12-19(24)13-15-20)18-10-8-17(9-11-18)5-3-7-22(29)30/h8-16,21,28H,2-7H2,1H3,(H,29,30). The van der Waals surface area contributed by atoms with Crippen molar-refractivity contribution in [2.24, 2.45) is 5.92 Å². The molecule has 2 rings (SSSR count). The number of carboxylic acid groups (broad SMARTS) is 1. The molecule has 0 aliphatic heterocycles. The van der Waals surface area contributed by atoms with Crippen molar-refractivity contribution in [2.75, 3.05) is 0 Å². The minimum Gasteiger partial charge on any atom is -0.481 e. The van der Waals surface area contributed by atoms with E-state index in [1.165, 1.54) is 24.3 Å². The maximum atomic E-state index is 12.9. The monoisotopic (exact) mass is 505 g/mol. The van der Waals surface area contributed by atoms with Gasteiger partial charge < -0.3 is 5.11 Å². The SMILES string of the molecule is CC(CCCC(NS(=O)(=O)c1ccc(Cl)cc1)c1ccc(CCCC(=O)O)cc1)C(F)(F)F. The molecule has 0 aliphatic rings. The van der Waals surface area contributed by atoms with Gasteiger partial charge in [-0.25, -0.2) is 13.1 Å². The molecule has 0 aliphatic carbocycles. The molecule has 10 heteroatoms. The number of aliphatic carboxylic acids is 1. The second-order valence-electron chi connectivity index (χ2n) is 7.99. The Labute approximate surface area is 197 Å². The highest BCUT2D eigenvalue weighted by Gasteiger charge is 2.35. The van der Waals surface area contributed by atoms with E-state index >= 15 is 0 Å². The molecule has 2 unspecified atom stereocenters. The summed E-state index contributed by atoms with van der Waals surface area (Å²) in [5.41, 5.74) is 1.51. The van der Waals surface area contributed by atoms with Crippen molar-refractivity contribution in [2.45, 2.75) is 62.6 Å². The smallest absolute Gasteiger partial charge is 0.391 e. The van der Waals surface area contributed by atoms with Crippen LogP contribution in [-0.4, -0.2) is 25.7 Å². The molecule has 0 radical (unpaired) electrons. The van der Waals surface area contributed by atoms with Crippen molar-refractivity contribution in [3.8, 4) is 0 Å². The molecule has 0 heterocycles. The van der Waals surface area contributed by atoms with Crippen LogP contribution in [0.25, 0.3) is 0 Å². The summed E-state index contributed by atoms with van der Waals surface area (Å²) in [4.78, 5) is 10.7. The lowest BCUT2D eigenvalue weighted by Gasteiger charge is -2.21. The van der Waals surface area contributed by atoms with E-state index < -0.39 is 34.1 Å². The molecule has 0 saturated carbocycles. The number of benzene rings is 2. The number of halogens is 4. The van der Waals surface area contributed by atoms with Gasteiger partial charge in [-0.3, -0.25) is 4.79 Å². The van der Waals surface area contributed by atoms with Crippen LogP contribution < -0.4 is 4.72 Å². The van der Waals surface area contributed by atoms with E-state index in [4.69, 9.17) is 16.7 Å². The minimum atomic E-state index is -4.30. The van der Waals surface area contributed by atoms with Gasteiger partial charge in [0.1, 0.15) is 0 Å². The predicted molar refractivity (Wildman–Crippen MR) is 121 cm³/mol. The second-order valence-corrected chi connectivity index (χ2v) is 10.1. The van der Waals surface area contributed by atoms with Gasteiger partial charge in [0.2, 0.25) is 10.0 Å². The van der Waals surface area contributed by atoms with Crippen LogP contribution in [0.1, 0.15) is 56.2 Å². The fourth-order valence-electron chi connectivity index (χ4n) is 3.31. The van der Waals surface area contributed by atoms with Gasteiger partial charge in [0.15, 0.2) is 0 Å². The normalized spacial score (nSPS) is 14.1. The number of hydrogen-bond donors (Lipinski definition) is 2. The van der Waals surface area contributed by atoms with E-state index in [0.29, 0.717) is 23.4 Å². The molecule has 0 bridgehead atoms. The molecule has 0 spiro atoms. The van der Waals surface area contributed by atoms with E-state index in [1.54, 1.807) is 24.3 Å². The van der Waals surface area contributed by atoms with Crippen LogP contribution in [0.15, 0.2) is 53.4 Å². The predicted octanol–water partition coefficient (Wildman–Crippen LogP) is 6.14. The first-order valence-electron chi connectivity index (χ1n) is 10.5. The Hall–Kier alpha value is -2.10. The van der Waals surface area contributed by atoms with Crippen molar-refractivity contribution in [1.82, 2.24) is 4.72 Å². The van der Waals surface area contributed by atoms with Gasteiger partial charge in [-0.15, -0.1) is 0 Å². The third kappa shape index (κ3) is 8.98. The molecular weight excluding hydrogens is 479 g/mol. The first-order chi connectivity index (χ1) is 15.4. The second kappa shape index (κ2) is 11.9. The van der Waals surface area contributed by atoms with Crippen molar-refractivity contribution in [3.05, 3.63) is 64.7 Å². The summed E-state index contributed by atoms with van der Waals surface area (Å²) in [7, 11) is -3.93.